The zero-order valence-electron chi connectivity index (χ0n) is 10.7. The molecule has 0 saturated carbocycles. The van der Waals surface area contributed by atoms with E-state index in [9.17, 15) is 9.18 Å². The van der Waals surface area contributed by atoms with Gasteiger partial charge in [-0.15, -0.1) is 0 Å². The summed E-state index contributed by atoms with van der Waals surface area (Å²) < 4.78 is 14.4. The second-order valence-corrected chi connectivity index (χ2v) is 4.50. The van der Waals surface area contributed by atoms with Crippen molar-refractivity contribution >= 4 is 17.4 Å². The van der Waals surface area contributed by atoms with E-state index in [4.69, 9.17) is 11.6 Å². The summed E-state index contributed by atoms with van der Waals surface area (Å²) in [5.41, 5.74) is 1.58. The number of hydrogen-bond donors (Lipinski definition) is 0. The Labute approximate surface area is 115 Å². The molecule has 100 valence electrons. The fourth-order valence-corrected chi connectivity index (χ4v) is 2.02. The van der Waals surface area contributed by atoms with Crippen LogP contribution in [0, 0.1) is 12.7 Å². The van der Waals surface area contributed by atoms with Crippen molar-refractivity contribution in [2.75, 3.05) is 0 Å². The molecule has 4 nitrogen and oxygen atoms in total. The Balaban J connectivity index is 2.26. The summed E-state index contributed by atoms with van der Waals surface area (Å²) in [4.78, 5) is 15.8. The van der Waals surface area contributed by atoms with Gasteiger partial charge in [0, 0.05) is 6.54 Å². The quantitative estimate of drug-likeness (QED) is 0.810. The number of ketones is 1. The van der Waals surface area contributed by atoms with Crippen LogP contribution in [0.4, 0.5) is 4.39 Å². The maximum Gasteiger partial charge on any atom is 0.187 e. The van der Waals surface area contributed by atoms with E-state index in [1.165, 1.54) is 12.1 Å². The van der Waals surface area contributed by atoms with Gasteiger partial charge in [-0.25, -0.2) is 4.39 Å². The predicted molar refractivity (Wildman–Crippen MR) is 69.9 cm³/mol. The van der Waals surface area contributed by atoms with Crippen LogP contribution in [0.25, 0.3) is 0 Å². The molecule has 2 heterocycles. The number of halogens is 2. The van der Waals surface area contributed by atoms with Gasteiger partial charge >= 0.3 is 0 Å². The van der Waals surface area contributed by atoms with Gasteiger partial charge in [0.1, 0.15) is 11.5 Å². The zero-order valence-corrected chi connectivity index (χ0v) is 11.4. The lowest BCUT2D eigenvalue weighted by Crippen LogP contribution is -2.11. The molecule has 0 spiro atoms. The molecule has 0 unspecified atom stereocenters. The molecule has 0 aliphatic heterocycles. The molecule has 0 amide bonds. The van der Waals surface area contributed by atoms with Crippen molar-refractivity contribution in [1.29, 1.82) is 0 Å². The Hall–Kier alpha value is -1.75. The fraction of sp³-hybridized carbons (Fsp3) is 0.308. The van der Waals surface area contributed by atoms with Gasteiger partial charge in [-0.1, -0.05) is 11.6 Å². The van der Waals surface area contributed by atoms with Gasteiger partial charge in [-0.2, -0.15) is 5.10 Å². The van der Waals surface area contributed by atoms with Crippen molar-refractivity contribution in [3.8, 4) is 0 Å². The smallest absolute Gasteiger partial charge is 0.187 e. The lowest BCUT2D eigenvalue weighted by Gasteiger charge is -2.04. The van der Waals surface area contributed by atoms with E-state index in [-0.39, 0.29) is 17.9 Å². The van der Waals surface area contributed by atoms with Gasteiger partial charge in [0.15, 0.2) is 5.78 Å². The average molecular weight is 282 g/mol. The molecular formula is C13H13ClFN3O. The highest BCUT2D eigenvalue weighted by atomic mass is 35.5. The van der Waals surface area contributed by atoms with Crippen molar-refractivity contribution in [3.63, 3.8) is 0 Å². The highest BCUT2D eigenvalue weighted by Gasteiger charge is 2.17. The van der Waals surface area contributed by atoms with Crippen LogP contribution in [0.5, 0.6) is 0 Å². The number of nitrogens with zero attached hydrogens (tertiary/aromatic N) is 3. The van der Waals surface area contributed by atoms with E-state index >= 15 is 0 Å². The molecule has 0 radical (unpaired) electrons. The number of aromatic nitrogens is 3. The summed E-state index contributed by atoms with van der Waals surface area (Å²) >= 11 is 6.13. The van der Waals surface area contributed by atoms with Gasteiger partial charge in [-0.05, 0) is 26.0 Å². The Morgan fingerprint density at radius 1 is 1.47 bits per heavy atom. The molecule has 2 rings (SSSR count). The molecule has 0 aromatic carbocycles. The molecule has 2 aromatic rings. The Morgan fingerprint density at radius 2 is 2.21 bits per heavy atom. The fourth-order valence-electron chi connectivity index (χ4n) is 1.82. The highest BCUT2D eigenvalue weighted by Crippen LogP contribution is 2.21. The highest BCUT2D eigenvalue weighted by molar-refractivity contribution is 6.32. The second kappa shape index (κ2) is 5.48. The molecule has 0 fully saturated rings. The summed E-state index contributed by atoms with van der Waals surface area (Å²) in [6.07, 6.45) is 1.13. The van der Waals surface area contributed by atoms with Crippen LogP contribution in [0.1, 0.15) is 28.8 Å². The lowest BCUT2D eigenvalue weighted by molar-refractivity contribution is 0.0985. The Kier molecular flexibility index (Phi) is 3.95. The molecule has 0 saturated heterocycles. The first-order valence-electron chi connectivity index (χ1n) is 5.89. The van der Waals surface area contributed by atoms with Crippen molar-refractivity contribution in [2.24, 2.45) is 0 Å². The number of rotatable bonds is 4. The number of Topliss-reactive ketones (excluding diaryl/α,β-unsaturated/α-hetero) is 1. The van der Waals surface area contributed by atoms with E-state index in [0.717, 1.165) is 6.20 Å². The van der Waals surface area contributed by atoms with E-state index in [1.807, 2.05) is 6.92 Å². The third-order valence-electron chi connectivity index (χ3n) is 2.79. The van der Waals surface area contributed by atoms with E-state index in [1.54, 1.807) is 11.6 Å². The van der Waals surface area contributed by atoms with Crippen LogP contribution >= 0.6 is 11.6 Å². The van der Waals surface area contributed by atoms with Crippen molar-refractivity contribution in [3.05, 3.63) is 46.3 Å². The Bertz CT molecular complexity index is 607. The number of hydrogen-bond acceptors (Lipinski definition) is 3. The standard InChI is InChI=1S/C13H13ClFN3O/c1-3-18-11(13(14)8(2)17-18)6-12(19)10-5-4-9(15)7-16-10/h4-5,7H,3,6H2,1-2H3. The van der Waals surface area contributed by atoms with Crippen LogP contribution in [-0.2, 0) is 13.0 Å². The van der Waals surface area contributed by atoms with Crippen LogP contribution in [0.15, 0.2) is 18.3 Å². The predicted octanol–water partition coefficient (Wildman–Crippen LogP) is 2.82. The maximum atomic E-state index is 12.8. The minimum atomic E-state index is -0.468. The van der Waals surface area contributed by atoms with Crippen molar-refractivity contribution in [1.82, 2.24) is 14.8 Å². The summed E-state index contributed by atoms with van der Waals surface area (Å²) in [7, 11) is 0. The van der Waals surface area contributed by atoms with Gasteiger partial charge < -0.3 is 0 Å². The van der Waals surface area contributed by atoms with Crippen LogP contribution < -0.4 is 0 Å². The van der Waals surface area contributed by atoms with Gasteiger partial charge in [-0.3, -0.25) is 14.5 Å². The largest absolute Gasteiger partial charge is 0.292 e. The van der Waals surface area contributed by atoms with E-state index < -0.39 is 5.82 Å². The summed E-state index contributed by atoms with van der Waals surface area (Å²) in [6, 6.07) is 2.58. The third-order valence-corrected chi connectivity index (χ3v) is 3.29. The molecule has 0 aliphatic rings. The van der Waals surface area contributed by atoms with E-state index in [0.29, 0.717) is 23.0 Å². The first-order chi connectivity index (χ1) is 9.02. The zero-order chi connectivity index (χ0) is 14.0. The SMILES string of the molecule is CCn1nc(C)c(Cl)c1CC(=O)c1ccc(F)cn1. The first-order valence-corrected chi connectivity index (χ1v) is 6.27. The number of pyridine rings is 1. The third kappa shape index (κ3) is 2.81. The molecule has 0 aliphatic carbocycles. The minimum Gasteiger partial charge on any atom is -0.292 e. The summed E-state index contributed by atoms with van der Waals surface area (Å²) in [5.74, 6) is -0.680. The van der Waals surface area contributed by atoms with Crippen LogP contribution in [-0.4, -0.2) is 20.5 Å². The lowest BCUT2D eigenvalue weighted by atomic mass is 10.1. The normalized spacial score (nSPS) is 10.7. The maximum absolute atomic E-state index is 12.8. The molecule has 2 aromatic heterocycles. The average Bonchev–Trinajstić information content (AvgIpc) is 2.67. The Morgan fingerprint density at radius 3 is 2.79 bits per heavy atom. The molecular weight excluding hydrogens is 269 g/mol. The van der Waals surface area contributed by atoms with Crippen molar-refractivity contribution < 1.29 is 9.18 Å². The number of aryl methyl sites for hydroxylation is 2. The topological polar surface area (TPSA) is 47.8 Å². The summed E-state index contributed by atoms with van der Waals surface area (Å²) in [6.45, 7) is 4.35. The summed E-state index contributed by atoms with van der Waals surface area (Å²) in [5, 5.41) is 4.74. The second-order valence-electron chi connectivity index (χ2n) is 4.12. The number of carbonyl (C=O) groups is 1. The van der Waals surface area contributed by atoms with Crippen LogP contribution in [0.2, 0.25) is 5.02 Å². The van der Waals surface area contributed by atoms with Gasteiger partial charge in [0.2, 0.25) is 0 Å². The number of carbonyl (C=O) groups excluding carboxylic acids is 1. The van der Waals surface area contributed by atoms with Gasteiger partial charge in [0.25, 0.3) is 0 Å². The first kappa shape index (κ1) is 13.7. The molecule has 0 N–H and O–H groups in total. The monoisotopic (exact) mass is 281 g/mol. The molecule has 0 bridgehead atoms. The minimum absolute atomic E-state index is 0.103. The molecule has 6 heteroatoms. The van der Waals surface area contributed by atoms with Crippen molar-refractivity contribution in [2.45, 2.75) is 26.8 Å². The molecule has 19 heavy (non-hydrogen) atoms. The van der Waals surface area contributed by atoms with Crippen LogP contribution in [0.3, 0.4) is 0 Å². The van der Waals surface area contributed by atoms with E-state index in [2.05, 4.69) is 10.1 Å². The van der Waals surface area contributed by atoms with Gasteiger partial charge in [0.05, 0.1) is 29.0 Å². The molecule has 0 atom stereocenters.